The van der Waals surface area contributed by atoms with Crippen LogP contribution in [0.3, 0.4) is 0 Å². The number of nitrogens with zero attached hydrogens (tertiary/aromatic N) is 2. The van der Waals surface area contributed by atoms with Crippen LogP contribution in [0.15, 0.2) is 59.7 Å². The molecule has 0 aromatic heterocycles. The van der Waals surface area contributed by atoms with Gasteiger partial charge in [-0.2, -0.15) is 5.10 Å². The summed E-state index contributed by atoms with van der Waals surface area (Å²) in [5.74, 6) is -3.70. The molecule has 4 atom stereocenters. The molecule has 12 nitrogen and oxygen atoms in total. The Hall–Kier alpha value is -4.39. The minimum absolute atomic E-state index is 0.0112. The Bertz CT molecular complexity index is 1300. The summed E-state index contributed by atoms with van der Waals surface area (Å²) in [6, 6.07) is 10.6. The number of β-lactam (4-membered cyclic amide) rings is 1. The minimum Gasteiger partial charge on any atom is -0.508 e. The van der Waals surface area contributed by atoms with Gasteiger partial charge in [0.05, 0.1) is 0 Å². The van der Waals surface area contributed by atoms with Crippen molar-refractivity contribution in [3.8, 4) is 5.75 Å². The molecule has 2 aromatic carbocycles. The van der Waals surface area contributed by atoms with E-state index in [2.05, 4.69) is 21.2 Å². The molecule has 38 heavy (non-hydrogen) atoms. The molecule has 13 heteroatoms. The second-order valence-electron chi connectivity index (χ2n) is 9.18. The summed E-state index contributed by atoms with van der Waals surface area (Å²) in [4.78, 5) is 63.6. The Morgan fingerprint density at radius 1 is 1.08 bits per heavy atom. The smallest absolute Gasteiger partial charge is 0.327 e. The van der Waals surface area contributed by atoms with E-state index in [-0.39, 0.29) is 11.3 Å². The molecule has 2 saturated heterocycles. The summed E-state index contributed by atoms with van der Waals surface area (Å²) in [6.07, 6.45) is 0.796. The largest absolute Gasteiger partial charge is 0.508 e. The Balaban J connectivity index is 1.42. The van der Waals surface area contributed by atoms with Gasteiger partial charge in [0.1, 0.15) is 35.5 Å². The number of carboxylic acids is 1. The van der Waals surface area contributed by atoms with Gasteiger partial charge in [0.2, 0.25) is 11.8 Å². The van der Waals surface area contributed by atoms with Crippen LogP contribution in [0.2, 0.25) is 0 Å². The number of carbonyl (C=O) groups excluding carboxylic acids is 4. The van der Waals surface area contributed by atoms with E-state index in [0.717, 1.165) is 6.21 Å². The van der Waals surface area contributed by atoms with Crippen molar-refractivity contribution >= 4 is 47.6 Å². The van der Waals surface area contributed by atoms with Crippen molar-refractivity contribution in [3.63, 3.8) is 0 Å². The van der Waals surface area contributed by atoms with Crippen molar-refractivity contribution in [3.05, 3.63) is 65.7 Å². The molecule has 0 aliphatic carbocycles. The van der Waals surface area contributed by atoms with Gasteiger partial charge in [0.25, 0.3) is 11.8 Å². The van der Waals surface area contributed by atoms with Gasteiger partial charge >= 0.3 is 5.97 Å². The van der Waals surface area contributed by atoms with Crippen LogP contribution in [0.4, 0.5) is 0 Å². The SMILES string of the molecule is CC1(C)S[C@@H]2C(NC(=O)C(NC(=O)/C=N/NC(=O)c3ccc(O)cc3)c3ccccc3)C(=O)N2[C@H]1C(=O)O. The van der Waals surface area contributed by atoms with Crippen LogP contribution in [-0.2, 0) is 19.2 Å². The van der Waals surface area contributed by atoms with Gasteiger partial charge in [0, 0.05) is 10.3 Å². The van der Waals surface area contributed by atoms with Crippen molar-refractivity contribution < 1.29 is 34.2 Å². The van der Waals surface area contributed by atoms with Crippen LogP contribution < -0.4 is 16.1 Å². The second-order valence-corrected chi connectivity index (χ2v) is 11.0. The highest BCUT2D eigenvalue weighted by Crippen LogP contribution is 2.50. The van der Waals surface area contributed by atoms with E-state index in [9.17, 15) is 34.2 Å². The van der Waals surface area contributed by atoms with E-state index in [1.54, 1.807) is 44.2 Å². The average molecular weight is 540 g/mol. The van der Waals surface area contributed by atoms with E-state index in [4.69, 9.17) is 0 Å². The molecule has 2 unspecified atom stereocenters. The lowest BCUT2D eigenvalue weighted by atomic mass is 9.95. The molecule has 0 radical (unpaired) electrons. The summed E-state index contributed by atoms with van der Waals surface area (Å²) < 4.78 is -0.750. The van der Waals surface area contributed by atoms with Crippen molar-refractivity contribution in [1.29, 1.82) is 0 Å². The number of fused-ring (bicyclic) bond motifs is 1. The molecule has 0 saturated carbocycles. The highest BCUT2D eigenvalue weighted by Gasteiger charge is 2.64. The summed E-state index contributed by atoms with van der Waals surface area (Å²) in [5, 5.41) is 27.1. The minimum atomic E-state index is -1.19. The number of phenols is 1. The molecule has 2 fully saturated rings. The molecular weight excluding hydrogens is 514 g/mol. The Morgan fingerprint density at radius 2 is 1.74 bits per heavy atom. The Morgan fingerprint density at radius 3 is 2.37 bits per heavy atom. The first kappa shape index (κ1) is 26.7. The Kier molecular flexibility index (Phi) is 7.39. The molecule has 0 spiro atoms. The van der Waals surface area contributed by atoms with Gasteiger partial charge < -0.3 is 25.7 Å². The fourth-order valence-corrected chi connectivity index (χ4v) is 5.96. The molecule has 2 aliphatic heterocycles. The quantitative estimate of drug-likeness (QED) is 0.184. The molecule has 2 heterocycles. The van der Waals surface area contributed by atoms with Crippen LogP contribution in [0.5, 0.6) is 5.75 Å². The van der Waals surface area contributed by atoms with Crippen LogP contribution in [-0.4, -0.2) is 73.1 Å². The van der Waals surface area contributed by atoms with Gasteiger partial charge in [-0.1, -0.05) is 30.3 Å². The number of phenolic OH excluding ortho intramolecular Hbond substituents is 1. The first-order valence-corrected chi connectivity index (χ1v) is 12.4. The van der Waals surface area contributed by atoms with E-state index in [0.29, 0.717) is 5.56 Å². The molecule has 5 N–H and O–H groups in total. The summed E-state index contributed by atoms with van der Waals surface area (Å²) in [6.45, 7) is 3.46. The van der Waals surface area contributed by atoms with E-state index in [1.165, 1.54) is 40.9 Å². The number of nitrogens with one attached hydrogen (secondary N) is 3. The predicted octanol–water partition coefficient (Wildman–Crippen LogP) is 0.597. The third-order valence-corrected chi connectivity index (χ3v) is 7.70. The van der Waals surface area contributed by atoms with Gasteiger partial charge in [-0.25, -0.2) is 10.2 Å². The summed E-state index contributed by atoms with van der Waals surface area (Å²) in [7, 11) is 0. The highest BCUT2D eigenvalue weighted by atomic mass is 32.2. The van der Waals surface area contributed by atoms with Crippen LogP contribution in [0.1, 0.15) is 35.8 Å². The molecule has 2 aliphatic rings. The maximum absolute atomic E-state index is 13.2. The number of hydrogen-bond acceptors (Lipinski definition) is 8. The van der Waals surface area contributed by atoms with E-state index >= 15 is 0 Å². The fraction of sp³-hybridized carbons (Fsp3) is 0.280. The predicted molar refractivity (Wildman–Crippen MR) is 137 cm³/mol. The first-order valence-electron chi connectivity index (χ1n) is 11.5. The molecule has 4 rings (SSSR count). The van der Waals surface area contributed by atoms with Crippen molar-refractivity contribution in [2.75, 3.05) is 0 Å². The summed E-state index contributed by atoms with van der Waals surface area (Å²) in [5.41, 5.74) is 2.82. The van der Waals surface area contributed by atoms with Crippen molar-refractivity contribution in [2.45, 2.75) is 42.1 Å². The maximum atomic E-state index is 13.2. The van der Waals surface area contributed by atoms with Gasteiger partial charge in [-0.3, -0.25) is 19.2 Å². The maximum Gasteiger partial charge on any atom is 0.327 e. The third kappa shape index (κ3) is 5.32. The zero-order valence-electron chi connectivity index (χ0n) is 20.3. The number of hydrazone groups is 1. The van der Waals surface area contributed by atoms with E-state index in [1.807, 2.05) is 0 Å². The third-order valence-electron chi connectivity index (χ3n) is 6.13. The van der Waals surface area contributed by atoms with Crippen LogP contribution >= 0.6 is 11.8 Å². The monoisotopic (exact) mass is 539 g/mol. The van der Waals surface area contributed by atoms with Gasteiger partial charge in [-0.15, -0.1) is 11.8 Å². The normalized spacial score (nSPS) is 22.2. The number of benzene rings is 2. The van der Waals surface area contributed by atoms with E-state index < -0.39 is 57.8 Å². The molecular formula is C25H25N5O7S. The molecule has 198 valence electrons. The lowest BCUT2D eigenvalue weighted by molar-refractivity contribution is -0.161. The number of carboxylic acid groups (broad SMARTS) is 1. The lowest BCUT2D eigenvalue weighted by Gasteiger charge is -2.44. The number of carbonyl (C=O) groups is 5. The Labute approximate surface area is 221 Å². The number of aliphatic carboxylic acids is 1. The number of hydrogen-bond donors (Lipinski definition) is 5. The number of aromatic hydroxyl groups is 1. The topological polar surface area (TPSA) is 178 Å². The van der Waals surface area contributed by atoms with Crippen LogP contribution in [0, 0.1) is 0 Å². The van der Waals surface area contributed by atoms with Crippen LogP contribution in [0.25, 0.3) is 0 Å². The molecule has 4 amide bonds. The van der Waals surface area contributed by atoms with Gasteiger partial charge in [0.15, 0.2) is 0 Å². The molecule has 0 bridgehead atoms. The highest BCUT2D eigenvalue weighted by molar-refractivity contribution is 8.01. The standard InChI is InChI=1S/C25H25N5O7S/c1-25(2)19(24(36)37)30-22(35)18(23(30)38-25)28-21(34)17(13-6-4-3-5-7-13)27-16(32)12-26-29-20(33)14-8-10-15(31)11-9-14/h3-12,17-19,23,31H,1-2H3,(H,27,32)(H,28,34)(H,29,33)(H,36,37)/b26-12+/t17?,18?,19-,23+/m0/s1. The lowest BCUT2D eigenvalue weighted by Crippen LogP contribution is -2.71. The average Bonchev–Trinajstić information content (AvgIpc) is 3.14. The zero-order chi connectivity index (χ0) is 27.6. The number of thioether (sulfide) groups is 1. The van der Waals surface area contributed by atoms with Crippen molar-refractivity contribution in [1.82, 2.24) is 21.0 Å². The first-order chi connectivity index (χ1) is 18.0. The second kappa shape index (κ2) is 10.5. The molecule has 2 aromatic rings. The fourth-order valence-electron chi connectivity index (χ4n) is 4.33. The van der Waals surface area contributed by atoms with Crippen molar-refractivity contribution in [2.24, 2.45) is 5.10 Å². The summed E-state index contributed by atoms with van der Waals surface area (Å²) >= 11 is 1.29. The van der Waals surface area contributed by atoms with Gasteiger partial charge in [-0.05, 0) is 43.7 Å². The zero-order valence-corrected chi connectivity index (χ0v) is 21.1. The number of amides is 4. The number of rotatable bonds is 8.